The Labute approximate surface area is 109 Å². The molecule has 0 radical (unpaired) electrons. The van der Waals surface area contributed by atoms with E-state index in [-0.39, 0.29) is 0 Å². The van der Waals surface area contributed by atoms with E-state index >= 15 is 0 Å². The minimum atomic E-state index is 0.669. The fraction of sp³-hybridized carbons (Fsp3) is 0.333. The van der Waals surface area contributed by atoms with E-state index in [1.165, 1.54) is 6.39 Å². The smallest absolute Gasteiger partial charge is 0.213 e. The highest BCUT2D eigenvalue weighted by molar-refractivity contribution is 9.13. The molecule has 2 aromatic rings. The number of nitrogens with one attached hydrogen (secondary N) is 1. The number of rotatable bonds is 5. The molecule has 0 amide bonds. The number of aromatic nitrogens is 2. The summed E-state index contributed by atoms with van der Waals surface area (Å²) >= 11 is 6.64. The lowest BCUT2D eigenvalue weighted by Crippen LogP contribution is -2.16. The summed E-state index contributed by atoms with van der Waals surface area (Å²) in [6.45, 7) is 1.44. The van der Waals surface area contributed by atoms with E-state index in [1.807, 2.05) is 6.07 Å². The van der Waals surface area contributed by atoms with Crippen LogP contribution in [0.1, 0.15) is 11.6 Å². The molecule has 0 unspecified atom stereocenters. The summed E-state index contributed by atoms with van der Waals surface area (Å²) in [5, 5.41) is 6.94. The number of hydrogen-bond donors (Lipinski definition) is 1. The highest BCUT2D eigenvalue weighted by atomic mass is 79.9. The van der Waals surface area contributed by atoms with Gasteiger partial charge in [0.15, 0.2) is 10.5 Å². The second kappa shape index (κ2) is 5.60. The first-order valence-electron chi connectivity index (χ1n) is 4.65. The molecule has 7 heteroatoms. The standard InChI is InChI=1S/C9H9Br2N3O2/c10-7-3-6(16-9(7)11)4-12-2-1-8-13-5-15-14-8/h3,5,12H,1-2,4H2. The van der Waals surface area contributed by atoms with E-state index in [0.717, 1.165) is 23.2 Å². The lowest BCUT2D eigenvalue weighted by molar-refractivity contribution is 0.408. The van der Waals surface area contributed by atoms with Gasteiger partial charge < -0.3 is 14.3 Å². The van der Waals surface area contributed by atoms with Gasteiger partial charge in [0.05, 0.1) is 11.0 Å². The molecular formula is C9H9Br2N3O2. The summed E-state index contributed by atoms with van der Waals surface area (Å²) in [4.78, 5) is 3.92. The van der Waals surface area contributed by atoms with Crippen LogP contribution in [0.3, 0.4) is 0 Å². The zero-order valence-electron chi connectivity index (χ0n) is 8.24. The maximum Gasteiger partial charge on any atom is 0.213 e. The van der Waals surface area contributed by atoms with Gasteiger partial charge in [0.1, 0.15) is 5.76 Å². The monoisotopic (exact) mass is 349 g/mol. The number of nitrogens with zero attached hydrogens (tertiary/aromatic N) is 2. The van der Waals surface area contributed by atoms with Gasteiger partial charge in [-0.05, 0) is 37.9 Å². The summed E-state index contributed by atoms with van der Waals surface area (Å²) < 4.78 is 11.7. The maximum atomic E-state index is 5.41. The lowest BCUT2D eigenvalue weighted by atomic mass is 10.4. The van der Waals surface area contributed by atoms with Gasteiger partial charge in [-0.3, -0.25) is 0 Å². The molecule has 2 heterocycles. The first-order valence-corrected chi connectivity index (χ1v) is 6.24. The van der Waals surface area contributed by atoms with Crippen molar-refractivity contribution in [3.8, 4) is 0 Å². The molecule has 0 aliphatic heterocycles. The Balaban J connectivity index is 1.72. The van der Waals surface area contributed by atoms with Gasteiger partial charge in [-0.15, -0.1) is 0 Å². The Morgan fingerprint density at radius 2 is 2.25 bits per heavy atom. The third-order valence-electron chi connectivity index (χ3n) is 1.93. The average molecular weight is 351 g/mol. The van der Waals surface area contributed by atoms with E-state index < -0.39 is 0 Å². The Morgan fingerprint density at radius 1 is 1.38 bits per heavy atom. The van der Waals surface area contributed by atoms with Gasteiger partial charge in [0.25, 0.3) is 0 Å². The topological polar surface area (TPSA) is 64.1 Å². The van der Waals surface area contributed by atoms with Crippen molar-refractivity contribution >= 4 is 31.9 Å². The Hall–Kier alpha value is -0.660. The van der Waals surface area contributed by atoms with Crippen LogP contribution >= 0.6 is 31.9 Å². The van der Waals surface area contributed by atoms with Crippen LogP contribution in [0.4, 0.5) is 0 Å². The van der Waals surface area contributed by atoms with Crippen molar-refractivity contribution in [2.45, 2.75) is 13.0 Å². The van der Waals surface area contributed by atoms with E-state index in [4.69, 9.17) is 4.42 Å². The molecule has 0 aliphatic rings. The number of halogens is 2. The molecule has 0 atom stereocenters. The van der Waals surface area contributed by atoms with Crippen molar-refractivity contribution in [3.05, 3.63) is 33.2 Å². The first-order chi connectivity index (χ1) is 7.75. The zero-order chi connectivity index (χ0) is 11.4. The average Bonchev–Trinajstić information content (AvgIpc) is 2.85. The highest BCUT2D eigenvalue weighted by Crippen LogP contribution is 2.26. The molecule has 0 saturated carbocycles. The van der Waals surface area contributed by atoms with Crippen LogP contribution in [0.2, 0.25) is 0 Å². The van der Waals surface area contributed by atoms with Crippen molar-refractivity contribution in [2.75, 3.05) is 6.54 Å². The number of furan rings is 1. The van der Waals surface area contributed by atoms with Crippen LogP contribution in [0, 0.1) is 0 Å². The van der Waals surface area contributed by atoms with Crippen LogP contribution in [-0.2, 0) is 13.0 Å². The summed E-state index contributed by atoms with van der Waals surface area (Å²) in [5.41, 5.74) is 0. The number of hydrogen-bond acceptors (Lipinski definition) is 5. The summed E-state index contributed by atoms with van der Waals surface area (Å²) in [7, 11) is 0. The zero-order valence-corrected chi connectivity index (χ0v) is 11.4. The van der Waals surface area contributed by atoms with E-state index in [1.54, 1.807) is 0 Å². The molecule has 0 fully saturated rings. The minimum absolute atomic E-state index is 0.669. The molecule has 86 valence electrons. The SMILES string of the molecule is Brc1cc(CNCCc2ncon2)oc1Br. The second-order valence-electron chi connectivity index (χ2n) is 3.11. The molecule has 0 saturated heterocycles. The molecule has 0 spiro atoms. The van der Waals surface area contributed by atoms with Crippen LogP contribution in [0.25, 0.3) is 0 Å². The predicted molar refractivity (Wildman–Crippen MR) is 63.8 cm³/mol. The lowest BCUT2D eigenvalue weighted by Gasteiger charge is -1.99. The summed E-state index contributed by atoms with van der Waals surface area (Å²) in [5.74, 6) is 1.57. The van der Waals surface area contributed by atoms with Crippen LogP contribution < -0.4 is 5.32 Å². The minimum Gasteiger partial charge on any atom is -0.452 e. The van der Waals surface area contributed by atoms with Crippen molar-refractivity contribution < 1.29 is 8.94 Å². The molecular weight excluding hydrogens is 342 g/mol. The van der Waals surface area contributed by atoms with Crippen LogP contribution in [0.5, 0.6) is 0 Å². The van der Waals surface area contributed by atoms with Gasteiger partial charge in [0, 0.05) is 13.0 Å². The van der Waals surface area contributed by atoms with E-state index in [2.05, 4.69) is 51.8 Å². The summed E-state index contributed by atoms with van der Waals surface area (Å²) in [6, 6.07) is 1.92. The highest BCUT2D eigenvalue weighted by Gasteiger charge is 2.05. The fourth-order valence-electron chi connectivity index (χ4n) is 1.19. The second-order valence-corrected chi connectivity index (χ2v) is 4.68. The van der Waals surface area contributed by atoms with Gasteiger partial charge in [-0.2, -0.15) is 4.98 Å². The molecule has 0 aromatic carbocycles. The fourth-order valence-corrected chi connectivity index (χ4v) is 1.85. The third kappa shape index (κ3) is 3.16. The first kappa shape index (κ1) is 11.8. The maximum absolute atomic E-state index is 5.41. The van der Waals surface area contributed by atoms with Crippen LogP contribution in [0.15, 0.2) is 30.5 Å². The molecule has 2 rings (SSSR count). The predicted octanol–water partition coefficient (Wildman–Crippen LogP) is 2.52. The third-order valence-corrected chi connectivity index (χ3v) is 3.64. The molecule has 0 bridgehead atoms. The van der Waals surface area contributed by atoms with Gasteiger partial charge in [-0.1, -0.05) is 5.16 Å². The van der Waals surface area contributed by atoms with Crippen molar-refractivity contribution in [1.82, 2.24) is 15.5 Å². The van der Waals surface area contributed by atoms with Crippen molar-refractivity contribution in [3.63, 3.8) is 0 Å². The molecule has 5 nitrogen and oxygen atoms in total. The normalized spacial score (nSPS) is 10.9. The molecule has 0 aliphatic carbocycles. The van der Waals surface area contributed by atoms with Gasteiger partial charge in [0.2, 0.25) is 6.39 Å². The Kier molecular flexibility index (Phi) is 4.14. The molecule has 2 aromatic heterocycles. The van der Waals surface area contributed by atoms with Gasteiger partial charge >= 0.3 is 0 Å². The summed E-state index contributed by atoms with van der Waals surface area (Å²) in [6.07, 6.45) is 2.07. The van der Waals surface area contributed by atoms with Gasteiger partial charge in [-0.25, -0.2) is 0 Å². The molecule has 1 N–H and O–H groups in total. The van der Waals surface area contributed by atoms with Crippen LogP contribution in [-0.4, -0.2) is 16.7 Å². The van der Waals surface area contributed by atoms with E-state index in [9.17, 15) is 0 Å². The largest absolute Gasteiger partial charge is 0.452 e. The van der Waals surface area contributed by atoms with Crippen molar-refractivity contribution in [1.29, 1.82) is 0 Å². The quantitative estimate of drug-likeness (QED) is 0.839. The van der Waals surface area contributed by atoms with Crippen molar-refractivity contribution in [2.24, 2.45) is 0 Å². The Bertz CT molecular complexity index is 422. The molecule has 16 heavy (non-hydrogen) atoms. The van der Waals surface area contributed by atoms with E-state index in [0.29, 0.717) is 17.0 Å². The Morgan fingerprint density at radius 3 is 2.88 bits per heavy atom.